The Labute approximate surface area is 240 Å². The minimum atomic E-state index is -4.89. The standard InChI is InChI=1S/C28H32F3N7O4/c1-4-40-15-14-38-25-20(24(35-38)26(39)41-5-2)8-6-18-17-32-27(34-23(18)25)33-21-16-19(37-12-10-36(3)11-13-37)7-9-22(21)42-28(29,30)31/h6-9,16-17H,4-5,10-15H2,1-3H3,(H,32,33,34). The van der Waals surface area contributed by atoms with Gasteiger partial charge in [-0.2, -0.15) is 5.10 Å². The minimum absolute atomic E-state index is 0.0489. The number of piperazine rings is 1. The highest BCUT2D eigenvalue weighted by Gasteiger charge is 2.32. The van der Waals surface area contributed by atoms with E-state index in [0.717, 1.165) is 31.9 Å². The van der Waals surface area contributed by atoms with Crippen molar-refractivity contribution in [2.24, 2.45) is 0 Å². The molecule has 2 aromatic carbocycles. The van der Waals surface area contributed by atoms with Crippen molar-refractivity contribution in [2.75, 3.05) is 63.3 Å². The molecule has 11 nitrogen and oxygen atoms in total. The predicted molar refractivity (Wildman–Crippen MR) is 151 cm³/mol. The van der Waals surface area contributed by atoms with E-state index in [1.54, 1.807) is 42.1 Å². The van der Waals surface area contributed by atoms with E-state index in [2.05, 4.69) is 34.9 Å². The Bertz CT molecular complexity index is 1570. The van der Waals surface area contributed by atoms with E-state index < -0.39 is 18.1 Å². The van der Waals surface area contributed by atoms with Gasteiger partial charge in [0.15, 0.2) is 11.4 Å². The van der Waals surface area contributed by atoms with Crippen LogP contribution in [0.4, 0.5) is 30.5 Å². The van der Waals surface area contributed by atoms with Crippen molar-refractivity contribution >= 4 is 45.1 Å². The largest absolute Gasteiger partial charge is 0.573 e. The van der Waals surface area contributed by atoms with E-state index >= 15 is 0 Å². The zero-order valence-corrected chi connectivity index (χ0v) is 23.6. The number of aromatic nitrogens is 4. The van der Waals surface area contributed by atoms with Gasteiger partial charge in [-0.15, -0.1) is 13.2 Å². The van der Waals surface area contributed by atoms with Gasteiger partial charge in [0.1, 0.15) is 5.52 Å². The molecule has 1 aliphatic rings. The fraction of sp³-hybridized carbons (Fsp3) is 0.429. The molecular weight excluding hydrogens is 555 g/mol. The molecule has 0 saturated carbocycles. The summed E-state index contributed by atoms with van der Waals surface area (Å²) in [7, 11) is 2.02. The molecule has 1 saturated heterocycles. The minimum Gasteiger partial charge on any atom is -0.461 e. The van der Waals surface area contributed by atoms with Gasteiger partial charge in [0.2, 0.25) is 5.95 Å². The Morgan fingerprint density at radius 1 is 1.07 bits per heavy atom. The fourth-order valence-electron chi connectivity index (χ4n) is 4.84. The summed E-state index contributed by atoms with van der Waals surface area (Å²) in [5, 5.41) is 8.61. The molecule has 2 aromatic heterocycles. The lowest BCUT2D eigenvalue weighted by Gasteiger charge is -2.34. The second-order valence-electron chi connectivity index (χ2n) is 9.73. The van der Waals surface area contributed by atoms with Crippen LogP contribution in [0.1, 0.15) is 24.3 Å². The van der Waals surface area contributed by atoms with Gasteiger partial charge in [-0.05, 0) is 45.2 Å². The molecule has 0 atom stereocenters. The number of esters is 1. The van der Waals surface area contributed by atoms with Crippen LogP contribution in [-0.2, 0) is 16.0 Å². The van der Waals surface area contributed by atoms with Gasteiger partial charge in [0, 0.05) is 55.4 Å². The Morgan fingerprint density at radius 2 is 1.86 bits per heavy atom. The average molecular weight is 588 g/mol. The number of halogens is 3. The first-order valence-corrected chi connectivity index (χ1v) is 13.7. The Hall–Kier alpha value is -4.17. The lowest BCUT2D eigenvalue weighted by molar-refractivity contribution is -0.274. The molecule has 1 fully saturated rings. The van der Waals surface area contributed by atoms with E-state index in [9.17, 15) is 18.0 Å². The normalized spacial score (nSPS) is 14.5. The zero-order chi connectivity index (χ0) is 29.9. The molecule has 0 amide bonds. The maximum Gasteiger partial charge on any atom is 0.573 e. The highest BCUT2D eigenvalue weighted by atomic mass is 19.4. The number of likely N-dealkylation sites (N-methyl/N-ethyl adjacent to an activating group) is 1. The molecule has 0 radical (unpaired) electrons. The van der Waals surface area contributed by atoms with Gasteiger partial charge in [-0.1, -0.05) is 6.07 Å². The van der Waals surface area contributed by atoms with Crippen molar-refractivity contribution in [2.45, 2.75) is 26.8 Å². The zero-order valence-electron chi connectivity index (χ0n) is 23.6. The summed E-state index contributed by atoms with van der Waals surface area (Å²) in [4.78, 5) is 26.0. The number of carbonyl (C=O) groups is 1. The number of rotatable bonds is 10. The molecule has 0 unspecified atom stereocenters. The molecule has 224 valence electrons. The van der Waals surface area contributed by atoms with Crippen LogP contribution in [0.2, 0.25) is 0 Å². The van der Waals surface area contributed by atoms with Crippen molar-refractivity contribution < 1.29 is 32.2 Å². The number of ether oxygens (including phenoxy) is 3. The van der Waals surface area contributed by atoms with Crippen molar-refractivity contribution in [3.8, 4) is 5.75 Å². The lowest BCUT2D eigenvalue weighted by Crippen LogP contribution is -2.44. The topological polar surface area (TPSA) is 107 Å². The van der Waals surface area contributed by atoms with Gasteiger partial charge in [0.05, 0.1) is 31.0 Å². The quantitative estimate of drug-likeness (QED) is 0.209. The predicted octanol–water partition coefficient (Wildman–Crippen LogP) is 4.59. The number of fused-ring (bicyclic) bond motifs is 3. The number of hydrogen-bond donors (Lipinski definition) is 1. The van der Waals surface area contributed by atoms with Crippen LogP contribution < -0.4 is 15.0 Å². The van der Waals surface area contributed by atoms with Crippen LogP contribution in [0.25, 0.3) is 21.8 Å². The van der Waals surface area contributed by atoms with Gasteiger partial charge in [-0.25, -0.2) is 14.8 Å². The van der Waals surface area contributed by atoms with E-state index in [0.29, 0.717) is 41.6 Å². The molecule has 4 aromatic rings. The van der Waals surface area contributed by atoms with Gasteiger partial charge >= 0.3 is 12.3 Å². The Kier molecular flexibility index (Phi) is 8.64. The maximum atomic E-state index is 13.3. The first-order valence-electron chi connectivity index (χ1n) is 13.7. The molecule has 14 heteroatoms. The summed E-state index contributed by atoms with van der Waals surface area (Å²) in [6.45, 7) is 8.09. The monoisotopic (exact) mass is 587 g/mol. The van der Waals surface area contributed by atoms with Gasteiger partial charge in [0.25, 0.3) is 0 Å². The van der Waals surface area contributed by atoms with Crippen LogP contribution in [0.15, 0.2) is 36.5 Å². The smallest absolute Gasteiger partial charge is 0.461 e. The molecular formula is C28H32F3N7O4. The molecule has 1 N–H and O–H groups in total. The number of hydrogen-bond acceptors (Lipinski definition) is 10. The third kappa shape index (κ3) is 6.49. The highest BCUT2D eigenvalue weighted by Crippen LogP contribution is 2.36. The first-order chi connectivity index (χ1) is 20.2. The number of nitrogens with one attached hydrogen (secondary N) is 1. The van der Waals surface area contributed by atoms with Crippen molar-refractivity contribution in [1.82, 2.24) is 24.6 Å². The van der Waals surface area contributed by atoms with Crippen LogP contribution >= 0.6 is 0 Å². The SMILES string of the molecule is CCOCCn1nc(C(=O)OCC)c2ccc3cnc(Nc4cc(N5CCN(C)CC5)ccc4OC(F)(F)F)nc3c21. The molecule has 0 spiro atoms. The number of alkyl halides is 3. The van der Waals surface area contributed by atoms with Crippen molar-refractivity contribution in [3.05, 3.63) is 42.2 Å². The molecule has 5 rings (SSSR count). The molecule has 42 heavy (non-hydrogen) atoms. The van der Waals surface area contributed by atoms with Crippen molar-refractivity contribution in [3.63, 3.8) is 0 Å². The summed E-state index contributed by atoms with van der Waals surface area (Å²) in [5.74, 6) is -0.930. The first kappa shape index (κ1) is 29.3. The van der Waals surface area contributed by atoms with Crippen LogP contribution in [0.3, 0.4) is 0 Å². The number of benzene rings is 2. The van der Waals surface area contributed by atoms with Crippen LogP contribution in [0, 0.1) is 0 Å². The average Bonchev–Trinajstić information content (AvgIpc) is 3.33. The Balaban J connectivity index is 1.57. The second-order valence-corrected chi connectivity index (χ2v) is 9.73. The number of nitrogens with zero attached hydrogens (tertiary/aromatic N) is 6. The molecule has 1 aliphatic heterocycles. The molecule has 0 bridgehead atoms. The van der Waals surface area contributed by atoms with E-state index in [1.165, 1.54) is 6.07 Å². The van der Waals surface area contributed by atoms with Crippen molar-refractivity contribution in [1.29, 1.82) is 0 Å². The van der Waals surface area contributed by atoms with E-state index in [4.69, 9.17) is 9.47 Å². The summed E-state index contributed by atoms with van der Waals surface area (Å²) in [6.07, 6.45) is -3.33. The third-order valence-corrected chi connectivity index (χ3v) is 6.88. The van der Waals surface area contributed by atoms with E-state index in [1.807, 2.05) is 14.0 Å². The number of carbonyl (C=O) groups excluding carboxylic acids is 1. The summed E-state index contributed by atoms with van der Waals surface area (Å²) >= 11 is 0. The van der Waals surface area contributed by atoms with Crippen LogP contribution in [0.5, 0.6) is 5.75 Å². The van der Waals surface area contributed by atoms with Gasteiger partial charge < -0.3 is 29.3 Å². The Morgan fingerprint density at radius 3 is 2.57 bits per heavy atom. The summed E-state index contributed by atoms with van der Waals surface area (Å²) in [5.41, 5.74) is 1.96. The highest BCUT2D eigenvalue weighted by molar-refractivity contribution is 6.10. The van der Waals surface area contributed by atoms with Gasteiger partial charge in [-0.3, -0.25) is 4.68 Å². The fourth-order valence-corrected chi connectivity index (χ4v) is 4.84. The molecule has 3 heterocycles. The number of anilines is 3. The maximum absolute atomic E-state index is 13.3. The lowest BCUT2D eigenvalue weighted by atomic mass is 10.1. The summed E-state index contributed by atoms with van der Waals surface area (Å²) in [6, 6.07) is 8.00. The second kappa shape index (κ2) is 12.4. The molecule has 0 aliphatic carbocycles. The van der Waals surface area contributed by atoms with Crippen LogP contribution in [-0.4, -0.2) is 90.0 Å². The van der Waals surface area contributed by atoms with E-state index in [-0.39, 0.29) is 23.9 Å². The third-order valence-electron chi connectivity index (χ3n) is 6.88. The summed E-state index contributed by atoms with van der Waals surface area (Å²) < 4.78 is 56.5.